The molecule has 1 aliphatic rings. The molecule has 0 aliphatic heterocycles. The summed E-state index contributed by atoms with van der Waals surface area (Å²) in [5.74, 6) is 0.150. The molecule has 18 heavy (non-hydrogen) atoms. The lowest BCUT2D eigenvalue weighted by Gasteiger charge is -2.14. The van der Waals surface area contributed by atoms with Gasteiger partial charge in [-0.25, -0.2) is 4.98 Å². The maximum absolute atomic E-state index is 11.9. The first kappa shape index (κ1) is 10.9. The Morgan fingerprint density at radius 3 is 3.00 bits per heavy atom. The Hall–Kier alpha value is -2.24. The van der Waals surface area contributed by atoms with Crippen molar-refractivity contribution in [2.75, 3.05) is 5.32 Å². The molecule has 2 aromatic heterocycles. The summed E-state index contributed by atoms with van der Waals surface area (Å²) in [5, 5.41) is 12.5. The highest BCUT2D eigenvalue weighted by molar-refractivity contribution is 6.02. The highest BCUT2D eigenvalue weighted by Gasteiger charge is 2.15. The maximum Gasteiger partial charge on any atom is 0.275 e. The number of anilines is 1. The normalized spacial score (nSPS) is 14.0. The van der Waals surface area contributed by atoms with E-state index in [2.05, 4.69) is 25.7 Å². The third-order valence-corrected chi connectivity index (χ3v) is 3.07. The van der Waals surface area contributed by atoms with Gasteiger partial charge in [0.1, 0.15) is 5.69 Å². The number of amides is 1. The first-order chi connectivity index (χ1) is 8.83. The van der Waals surface area contributed by atoms with Gasteiger partial charge in [-0.15, -0.1) is 5.10 Å². The molecular weight excluding hydrogens is 230 g/mol. The number of aromatic amines is 1. The fraction of sp³-hybridized carbons (Fsp3) is 0.333. The number of aromatic nitrogens is 4. The molecule has 0 saturated heterocycles. The first-order valence-corrected chi connectivity index (χ1v) is 5.99. The van der Waals surface area contributed by atoms with Gasteiger partial charge in [-0.3, -0.25) is 4.79 Å². The molecular formula is C12H13N5O. The van der Waals surface area contributed by atoms with Crippen molar-refractivity contribution in [2.24, 2.45) is 0 Å². The Morgan fingerprint density at radius 1 is 1.28 bits per heavy atom. The van der Waals surface area contributed by atoms with E-state index < -0.39 is 0 Å². The van der Waals surface area contributed by atoms with E-state index in [-0.39, 0.29) is 5.91 Å². The number of fused-ring (bicyclic) bond motifs is 1. The second-order valence-corrected chi connectivity index (χ2v) is 4.32. The number of rotatable bonds is 2. The zero-order valence-corrected chi connectivity index (χ0v) is 9.81. The molecule has 2 heterocycles. The topological polar surface area (TPSA) is 83.6 Å². The molecule has 2 N–H and O–H groups in total. The van der Waals surface area contributed by atoms with Crippen LogP contribution in [0.2, 0.25) is 0 Å². The van der Waals surface area contributed by atoms with Crippen LogP contribution < -0.4 is 5.32 Å². The number of hydrogen-bond acceptors (Lipinski definition) is 4. The lowest BCUT2D eigenvalue weighted by molar-refractivity contribution is 0.102. The molecule has 2 aromatic rings. The Labute approximate surface area is 104 Å². The number of H-pyrrole nitrogens is 1. The number of hydrogen-bond donors (Lipinski definition) is 2. The van der Waals surface area contributed by atoms with Crippen LogP contribution in [0, 0.1) is 0 Å². The molecule has 1 aliphatic carbocycles. The number of aryl methyl sites for hydroxylation is 2. The molecule has 0 radical (unpaired) electrons. The van der Waals surface area contributed by atoms with Gasteiger partial charge in [0.2, 0.25) is 0 Å². The summed E-state index contributed by atoms with van der Waals surface area (Å²) in [5.41, 5.74) is 2.74. The van der Waals surface area contributed by atoms with Gasteiger partial charge in [-0.2, -0.15) is 10.3 Å². The average Bonchev–Trinajstić information content (AvgIpc) is 2.91. The Morgan fingerprint density at radius 2 is 2.17 bits per heavy atom. The van der Waals surface area contributed by atoms with Crippen molar-refractivity contribution in [2.45, 2.75) is 25.7 Å². The van der Waals surface area contributed by atoms with Gasteiger partial charge in [0.25, 0.3) is 5.91 Å². The van der Waals surface area contributed by atoms with Gasteiger partial charge < -0.3 is 5.32 Å². The van der Waals surface area contributed by atoms with E-state index in [4.69, 9.17) is 0 Å². The van der Waals surface area contributed by atoms with E-state index in [1.54, 1.807) is 6.07 Å². The maximum atomic E-state index is 11.9. The van der Waals surface area contributed by atoms with Crippen LogP contribution in [0.5, 0.6) is 0 Å². The summed E-state index contributed by atoms with van der Waals surface area (Å²) in [6, 6.07) is 3.76. The molecule has 92 valence electrons. The van der Waals surface area contributed by atoms with Crippen LogP contribution in [0.25, 0.3) is 0 Å². The summed E-state index contributed by atoms with van der Waals surface area (Å²) in [6.45, 7) is 0. The molecule has 0 aromatic carbocycles. The van der Waals surface area contributed by atoms with Crippen LogP contribution in [0.15, 0.2) is 18.3 Å². The standard InChI is InChI=1S/C12H13N5O/c18-12(15-11-7-13-17-16-11)10-6-5-8-3-1-2-4-9(8)14-10/h5-7H,1-4H2,(H2,13,15,16,17,18). The van der Waals surface area contributed by atoms with Crippen molar-refractivity contribution in [3.8, 4) is 0 Å². The average molecular weight is 243 g/mol. The minimum absolute atomic E-state index is 0.253. The van der Waals surface area contributed by atoms with Crippen molar-refractivity contribution >= 4 is 11.7 Å². The third kappa shape index (κ3) is 2.09. The lowest BCUT2D eigenvalue weighted by Crippen LogP contribution is -2.16. The molecule has 1 amide bonds. The van der Waals surface area contributed by atoms with Crippen LogP contribution in [-0.2, 0) is 12.8 Å². The highest BCUT2D eigenvalue weighted by Crippen LogP contribution is 2.19. The van der Waals surface area contributed by atoms with E-state index in [1.165, 1.54) is 18.2 Å². The molecule has 6 heteroatoms. The van der Waals surface area contributed by atoms with E-state index in [9.17, 15) is 4.79 Å². The molecule has 0 atom stereocenters. The van der Waals surface area contributed by atoms with Crippen molar-refractivity contribution in [1.82, 2.24) is 20.4 Å². The molecule has 0 saturated carbocycles. The van der Waals surface area contributed by atoms with Gasteiger partial charge in [0, 0.05) is 5.69 Å². The molecule has 0 spiro atoms. The monoisotopic (exact) mass is 243 g/mol. The zero-order chi connectivity index (χ0) is 12.4. The Balaban J connectivity index is 1.81. The van der Waals surface area contributed by atoms with Crippen molar-refractivity contribution in [3.05, 3.63) is 35.3 Å². The Bertz CT molecular complexity index is 564. The number of carbonyl (C=O) groups excluding carboxylic acids is 1. The van der Waals surface area contributed by atoms with Crippen LogP contribution in [0.1, 0.15) is 34.6 Å². The fourth-order valence-corrected chi connectivity index (χ4v) is 2.15. The van der Waals surface area contributed by atoms with E-state index in [0.29, 0.717) is 11.5 Å². The fourth-order valence-electron chi connectivity index (χ4n) is 2.15. The number of carbonyl (C=O) groups is 1. The van der Waals surface area contributed by atoms with Crippen molar-refractivity contribution in [3.63, 3.8) is 0 Å². The predicted octanol–water partition coefficient (Wildman–Crippen LogP) is 1.33. The van der Waals surface area contributed by atoms with E-state index >= 15 is 0 Å². The lowest BCUT2D eigenvalue weighted by atomic mass is 9.96. The Kier molecular flexibility index (Phi) is 2.76. The second-order valence-electron chi connectivity index (χ2n) is 4.32. The minimum atomic E-state index is -0.253. The van der Waals surface area contributed by atoms with Crippen LogP contribution in [0.4, 0.5) is 5.82 Å². The molecule has 0 bridgehead atoms. The van der Waals surface area contributed by atoms with Crippen molar-refractivity contribution in [1.29, 1.82) is 0 Å². The largest absolute Gasteiger partial charge is 0.302 e. The minimum Gasteiger partial charge on any atom is -0.302 e. The van der Waals surface area contributed by atoms with Gasteiger partial charge in [0.15, 0.2) is 5.82 Å². The summed E-state index contributed by atoms with van der Waals surface area (Å²) in [6.07, 6.45) is 5.83. The van der Waals surface area contributed by atoms with Gasteiger partial charge in [-0.1, -0.05) is 6.07 Å². The predicted molar refractivity (Wildman–Crippen MR) is 65.2 cm³/mol. The summed E-state index contributed by atoms with van der Waals surface area (Å²) in [7, 11) is 0. The molecule has 0 fully saturated rings. The summed E-state index contributed by atoms with van der Waals surface area (Å²) < 4.78 is 0. The second kappa shape index (κ2) is 4.56. The van der Waals surface area contributed by atoms with Crippen molar-refractivity contribution < 1.29 is 4.79 Å². The molecule has 3 rings (SSSR count). The molecule has 0 unspecified atom stereocenters. The zero-order valence-electron chi connectivity index (χ0n) is 9.81. The van der Waals surface area contributed by atoms with Gasteiger partial charge in [-0.05, 0) is 37.3 Å². The van der Waals surface area contributed by atoms with Crippen LogP contribution in [-0.4, -0.2) is 26.3 Å². The highest BCUT2D eigenvalue weighted by atomic mass is 16.2. The van der Waals surface area contributed by atoms with Crippen LogP contribution in [0.3, 0.4) is 0 Å². The summed E-state index contributed by atoms with van der Waals surface area (Å²) in [4.78, 5) is 16.4. The number of nitrogens with one attached hydrogen (secondary N) is 2. The summed E-state index contributed by atoms with van der Waals surface area (Å²) >= 11 is 0. The SMILES string of the molecule is O=C(Nc1cn[nH]n1)c1ccc2c(n1)CCCC2. The van der Waals surface area contributed by atoms with E-state index in [1.807, 2.05) is 6.07 Å². The number of pyridine rings is 1. The molecule has 6 nitrogen and oxygen atoms in total. The van der Waals surface area contributed by atoms with E-state index in [0.717, 1.165) is 25.0 Å². The van der Waals surface area contributed by atoms with Gasteiger partial charge >= 0.3 is 0 Å². The number of nitrogens with zero attached hydrogens (tertiary/aromatic N) is 3. The smallest absolute Gasteiger partial charge is 0.275 e. The quantitative estimate of drug-likeness (QED) is 0.833. The third-order valence-electron chi connectivity index (χ3n) is 3.07. The van der Waals surface area contributed by atoms with Crippen LogP contribution >= 0.6 is 0 Å². The van der Waals surface area contributed by atoms with Gasteiger partial charge in [0.05, 0.1) is 6.20 Å². The first-order valence-electron chi connectivity index (χ1n) is 5.99.